The summed E-state index contributed by atoms with van der Waals surface area (Å²) in [6.45, 7) is 1.55. The molecule has 1 aliphatic carbocycles. The highest BCUT2D eigenvalue weighted by atomic mass is 32.2. The summed E-state index contributed by atoms with van der Waals surface area (Å²) in [6, 6.07) is 9.09. The molecule has 0 aliphatic heterocycles. The Kier molecular flexibility index (Phi) is 4.98. The molecule has 0 aromatic heterocycles. The molecule has 0 bridgehead atoms. The molecular weight excluding hydrogens is 392 g/mol. The number of carboxylic acid groups (broad SMARTS) is 1. The van der Waals surface area contributed by atoms with Crippen LogP contribution in [0.2, 0.25) is 0 Å². The third kappa shape index (κ3) is 4.46. The van der Waals surface area contributed by atoms with Crippen LogP contribution >= 0.6 is 0 Å². The second kappa shape index (κ2) is 6.95. The zero-order chi connectivity index (χ0) is 19.8. The van der Waals surface area contributed by atoms with Gasteiger partial charge in [-0.05, 0) is 61.7 Å². The van der Waals surface area contributed by atoms with Gasteiger partial charge in [-0.25, -0.2) is 26.4 Å². The SMILES string of the molecule is Cc1ccc(C(=O)O)cc1S(=O)(=O)Nc1ccc(S(=O)(=O)NC2CC2)cc1. The van der Waals surface area contributed by atoms with Crippen molar-refractivity contribution in [2.45, 2.75) is 35.6 Å². The molecule has 0 heterocycles. The van der Waals surface area contributed by atoms with Gasteiger partial charge < -0.3 is 5.11 Å². The van der Waals surface area contributed by atoms with Gasteiger partial charge in [-0.1, -0.05) is 6.07 Å². The summed E-state index contributed by atoms with van der Waals surface area (Å²) < 4.78 is 54.4. The number of hydrogen-bond acceptors (Lipinski definition) is 5. The van der Waals surface area contributed by atoms with Gasteiger partial charge in [-0.3, -0.25) is 4.72 Å². The number of rotatable bonds is 7. The van der Waals surface area contributed by atoms with Crippen molar-refractivity contribution in [1.82, 2.24) is 4.72 Å². The first-order valence-corrected chi connectivity index (χ1v) is 11.0. The summed E-state index contributed by atoms with van der Waals surface area (Å²) in [5.41, 5.74) is 0.411. The monoisotopic (exact) mass is 410 g/mol. The van der Waals surface area contributed by atoms with Crippen LogP contribution in [-0.4, -0.2) is 34.0 Å². The maximum absolute atomic E-state index is 12.6. The predicted molar refractivity (Wildman–Crippen MR) is 98.7 cm³/mol. The third-order valence-electron chi connectivity index (χ3n) is 4.04. The summed E-state index contributed by atoms with van der Waals surface area (Å²) in [7, 11) is -7.66. The highest BCUT2D eigenvalue weighted by Gasteiger charge is 2.28. The molecule has 1 fully saturated rings. The van der Waals surface area contributed by atoms with E-state index >= 15 is 0 Å². The Morgan fingerprint density at radius 3 is 2.19 bits per heavy atom. The first kappa shape index (κ1) is 19.3. The van der Waals surface area contributed by atoms with E-state index in [0.29, 0.717) is 5.56 Å². The Balaban J connectivity index is 1.84. The first-order valence-electron chi connectivity index (χ1n) is 8.08. The number of carbonyl (C=O) groups is 1. The van der Waals surface area contributed by atoms with Crippen molar-refractivity contribution in [2.24, 2.45) is 0 Å². The van der Waals surface area contributed by atoms with Gasteiger partial charge in [0.2, 0.25) is 10.0 Å². The summed E-state index contributed by atoms with van der Waals surface area (Å²) in [4.78, 5) is 11.0. The van der Waals surface area contributed by atoms with Crippen LogP contribution < -0.4 is 9.44 Å². The van der Waals surface area contributed by atoms with Crippen LogP contribution in [0.1, 0.15) is 28.8 Å². The molecule has 0 unspecified atom stereocenters. The molecule has 0 saturated heterocycles. The van der Waals surface area contributed by atoms with Gasteiger partial charge in [0.25, 0.3) is 10.0 Å². The van der Waals surface area contributed by atoms with E-state index in [4.69, 9.17) is 5.11 Å². The zero-order valence-electron chi connectivity index (χ0n) is 14.3. The van der Waals surface area contributed by atoms with Crippen LogP contribution in [0.15, 0.2) is 52.3 Å². The molecule has 0 amide bonds. The zero-order valence-corrected chi connectivity index (χ0v) is 16.0. The fourth-order valence-corrected chi connectivity index (χ4v) is 5.06. The van der Waals surface area contributed by atoms with E-state index in [1.54, 1.807) is 6.92 Å². The van der Waals surface area contributed by atoms with E-state index in [1.165, 1.54) is 36.4 Å². The van der Waals surface area contributed by atoms with Crippen molar-refractivity contribution in [3.05, 3.63) is 53.6 Å². The van der Waals surface area contributed by atoms with Gasteiger partial charge >= 0.3 is 5.97 Å². The molecule has 144 valence electrons. The van der Waals surface area contributed by atoms with Gasteiger partial charge in [0, 0.05) is 11.7 Å². The Bertz CT molecular complexity index is 1090. The van der Waals surface area contributed by atoms with Gasteiger partial charge in [0.1, 0.15) is 0 Å². The molecule has 2 aromatic rings. The van der Waals surface area contributed by atoms with Crippen molar-refractivity contribution in [2.75, 3.05) is 4.72 Å². The number of benzene rings is 2. The standard InChI is InChI=1S/C17H18N2O6S2/c1-11-2-3-12(17(20)21)10-16(11)27(24,25)19-14-6-8-15(9-7-14)26(22,23)18-13-4-5-13/h2-3,6-10,13,18-19H,4-5H2,1H3,(H,20,21). The molecule has 3 rings (SSSR count). The van der Waals surface area contributed by atoms with E-state index in [-0.39, 0.29) is 27.1 Å². The van der Waals surface area contributed by atoms with Crippen molar-refractivity contribution < 1.29 is 26.7 Å². The minimum absolute atomic E-state index is 0.0299. The molecule has 0 radical (unpaired) electrons. The molecule has 27 heavy (non-hydrogen) atoms. The van der Waals surface area contributed by atoms with Crippen molar-refractivity contribution in [3.8, 4) is 0 Å². The second-order valence-electron chi connectivity index (χ2n) is 6.31. The Labute approximate surface area is 157 Å². The lowest BCUT2D eigenvalue weighted by Crippen LogP contribution is -2.25. The van der Waals surface area contributed by atoms with Crippen LogP contribution in [0, 0.1) is 6.92 Å². The number of aryl methyl sites for hydroxylation is 1. The summed E-state index contributed by atoms with van der Waals surface area (Å²) in [5.74, 6) is -1.23. The molecule has 8 nitrogen and oxygen atoms in total. The lowest BCUT2D eigenvalue weighted by atomic mass is 10.1. The van der Waals surface area contributed by atoms with Crippen molar-refractivity contribution >= 4 is 31.7 Å². The molecule has 0 spiro atoms. The van der Waals surface area contributed by atoms with Crippen molar-refractivity contribution in [3.63, 3.8) is 0 Å². The molecule has 1 saturated carbocycles. The van der Waals surface area contributed by atoms with Crippen LogP contribution in [0.4, 0.5) is 5.69 Å². The average Bonchev–Trinajstić information content (AvgIpc) is 3.38. The van der Waals surface area contributed by atoms with Gasteiger partial charge in [-0.2, -0.15) is 0 Å². The van der Waals surface area contributed by atoms with Gasteiger partial charge in [-0.15, -0.1) is 0 Å². The Morgan fingerprint density at radius 2 is 1.63 bits per heavy atom. The Morgan fingerprint density at radius 1 is 1.00 bits per heavy atom. The van der Waals surface area contributed by atoms with E-state index in [2.05, 4.69) is 9.44 Å². The highest BCUT2D eigenvalue weighted by molar-refractivity contribution is 7.92. The first-order chi connectivity index (χ1) is 12.6. The molecular formula is C17H18N2O6S2. The summed E-state index contributed by atoms with van der Waals surface area (Å²) in [5, 5.41) is 9.05. The van der Waals surface area contributed by atoms with Crippen LogP contribution in [0.25, 0.3) is 0 Å². The number of carboxylic acids is 1. The van der Waals surface area contributed by atoms with Crippen LogP contribution in [0.3, 0.4) is 0 Å². The van der Waals surface area contributed by atoms with E-state index in [0.717, 1.165) is 18.9 Å². The van der Waals surface area contributed by atoms with Crippen LogP contribution in [-0.2, 0) is 20.0 Å². The molecule has 0 atom stereocenters. The van der Waals surface area contributed by atoms with Crippen LogP contribution in [0.5, 0.6) is 0 Å². The molecule has 2 aromatic carbocycles. The second-order valence-corrected chi connectivity index (χ2v) is 9.68. The number of sulfonamides is 2. The van der Waals surface area contributed by atoms with Gasteiger partial charge in [0.05, 0.1) is 15.4 Å². The van der Waals surface area contributed by atoms with E-state index < -0.39 is 26.0 Å². The van der Waals surface area contributed by atoms with E-state index in [1.807, 2.05) is 0 Å². The van der Waals surface area contributed by atoms with E-state index in [9.17, 15) is 21.6 Å². The van der Waals surface area contributed by atoms with Gasteiger partial charge in [0.15, 0.2) is 0 Å². The smallest absolute Gasteiger partial charge is 0.335 e. The molecule has 10 heteroatoms. The minimum Gasteiger partial charge on any atom is -0.478 e. The highest BCUT2D eigenvalue weighted by Crippen LogP contribution is 2.24. The minimum atomic E-state index is -4.04. The normalized spacial score (nSPS) is 14.7. The summed E-state index contributed by atoms with van der Waals surface area (Å²) >= 11 is 0. The number of hydrogen-bond donors (Lipinski definition) is 3. The lowest BCUT2D eigenvalue weighted by molar-refractivity contribution is 0.0696. The lowest BCUT2D eigenvalue weighted by Gasteiger charge is -2.12. The average molecular weight is 410 g/mol. The fraction of sp³-hybridized carbons (Fsp3) is 0.235. The number of nitrogens with one attached hydrogen (secondary N) is 2. The maximum Gasteiger partial charge on any atom is 0.335 e. The number of anilines is 1. The summed E-state index contributed by atoms with van der Waals surface area (Å²) in [6.07, 6.45) is 1.62. The largest absolute Gasteiger partial charge is 0.478 e. The Hall–Kier alpha value is -2.43. The maximum atomic E-state index is 12.6. The molecule has 3 N–H and O–H groups in total. The third-order valence-corrected chi connectivity index (χ3v) is 7.10. The number of aromatic carboxylic acids is 1. The molecule has 1 aliphatic rings. The topological polar surface area (TPSA) is 130 Å². The predicted octanol–water partition coefficient (Wildman–Crippen LogP) is 1.93. The quantitative estimate of drug-likeness (QED) is 0.640. The van der Waals surface area contributed by atoms with Crippen molar-refractivity contribution in [1.29, 1.82) is 0 Å². The fourth-order valence-electron chi connectivity index (χ4n) is 2.42.